The third-order valence-electron chi connectivity index (χ3n) is 1.52. The Balaban J connectivity index is 2.62. The van der Waals surface area contributed by atoms with Crippen molar-refractivity contribution in [1.29, 1.82) is 0 Å². The first-order valence-corrected chi connectivity index (χ1v) is 6.68. The van der Waals surface area contributed by atoms with Crippen LogP contribution in [0, 0.1) is 0 Å². The molecule has 0 atom stereocenters. The van der Waals surface area contributed by atoms with Gasteiger partial charge in [-0.05, 0) is 29.9 Å². The highest BCUT2D eigenvalue weighted by molar-refractivity contribution is 9.09. The van der Waals surface area contributed by atoms with Gasteiger partial charge in [-0.1, -0.05) is 31.9 Å². The number of hydrogen-bond donors (Lipinski definition) is 0. The quantitative estimate of drug-likeness (QED) is 0.745. The molecule has 1 aromatic rings. The van der Waals surface area contributed by atoms with E-state index in [1.807, 2.05) is 11.3 Å². The zero-order chi connectivity index (χ0) is 8.10. The van der Waals surface area contributed by atoms with Crippen LogP contribution in [-0.4, -0.2) is 10.7 Å². The minimum absolute atomic E-state index is 1.07. The molecule has 0 N–H and O–H groups in total. The van der Waals surface area contributed by atoms with Crippen LogP contribution in [0.5, 0.6) is 0 Å². The van der Waals surface area contributed by atoms with E-state index in [-0.39, 0.29) is 0 Å². The number of hydrogen-bond acceptors (Lipinski definition) is 1. The van der Waals surface area contributed by atoms with Crippen LogP contribution >= 0.6 is 43.2 Å². The van der Waals surface area contributed by atoms with Gasteiger partial charge in [-0.3, -0.25) is 0 Å². The molecule has 0 aliphatic heterocycles. The second-order valence-corrected chi connectivity index (χ2v) is 4.83. The molecule has 0 unspecified atom stereocenters. The average Bonchev–Trinajstić information content (AvgIpc) is 2.39. The summed E-state index contributed by atoms with van der Waals surface area (Å²) >= 11 is 8.76. The van der Waals surface area contributed by atoms with E-state index in [0.717, 1.165) is 17.1 Å². The third-order valence-corrected chi connectivity index (χ3v) is 3.34. The Morgan fingerprint density at radius 2 is 1.91 bits per heavy atom. The Labute approximate surface area is 88.3 Å². The van der Waals surface area contributed by atoms with Crippen molar-refractivity contribution in [3.05, 3.63) is 21.9 Å². The topological polar surface area (TPSA) is 0 Å². The summed E-state index contributed by atoms with van der Waals surface area (Å²) in [5, 5.41) is 4.32. The van der Waals surface area contributed by atoms with Gasteiger partial charge >= 0.3 is 0 Å². The van der Waals surface area contributed by atoms with E-state index in [9.17, 15) is 0 Å². The molecule has 62 valence electrons. The highest BCUT2D eigenvalue weighted by atomic mass is 79.9. The van der Waals surface area contributed by atoms with Crippen LogP contribution in [0.2, 0.25) is 0 Å². The maximum absolute atomic E-state index is 3.45. The van der Waals surface area contributed by atoms with Crippen LogP contribution in [0.15, 0.2) is 11.4 Å². The normalized spacial score (nSPS) is 10.4. The molecule has 3 heteroatoms. The molecule has 0 fully saturated rings. The van der Waals surface area contributed by atoms with E-state index >= 15 is 0 Å². The molecule has 0 aliphatic rings. The van der Waals surface area contributed by atoms with Gasteiger partial charge in [0.1, 0.15) is 0 Å². The molecule has 1 rings (SSSR count). The molecule has 0 saturated carbocycles. The fourth-order valence-corrected chi connectivity index (χ4v) is 3.02. The molecular formula is C8H10Br2S. The van der Waals surface area contributed by atoms with Gasteiger partial charge in [-0.15, -0.1) is 11.3 Å². The Morgan fingerprint density at radius 3 is 2.55 bits per heavy atom. The smallest absolute Gasteiger partial charge is 0.00858 e. The number of aryl methyl sites for hydroxylation is 2. The van der Waals surface area contributed by atoms with Gasteiger partial charge in [-0.2, -0.15) is 0 Å². The number of thiophene rings is 1. The van der Waals surface area contributed by atoms with E-state index in [1.165, 1.54) is 16.9 Å². The lowest BCUT2D eigenvalue weighted by Crippen LogP contribution is -1.89. The zero-order valence-corrected chi connectivity index (χ0v) is 10.1. The van der Waals surface area contributed by atoms with Gasteiger partial charge in [0.05, 0.1) is 0 Å². The number of rotatable bonds is 4. The molecule has 0 bridgehead atoms. The van der Waals surface area contributed by atoms with Crippen LogP contribution in [0.1, 0.15) is 10.4 Å². The van der Waals surface area contributed by atoms with E-state index in [4.69, 9.17) is 0 Å². The van der Waals surface area contributed by atoms with Gasteiger partial charge in [0.25, 0.3) is 0 Å². The Morgan fingerprint density at radius 1 is 1.18 bits per heavy atom. The molecule has 0 amide bonds. The van der Waals surface area contributed by atoms with Gasteiger partial charge in [0.15, 0.2) is 0 Å². The summed E-state index contributed by atoms with van der Waals surface area (Å²) < 4.78 is 0. The molecule has 1 heterocycles. The summed E-state index contributed by atoms with van der Waals surface area (Å²) in [6.45, 7) is 0. The van der Waals surface area contributed by atoms with Crippen molar-refractivity contribution >= 4 is 43.2 Å². The predicted molar refractivity (Wildman–Crippen MR) is 59.3 cm³/mol. The molecule has 0 aliphatic carbocycles. The molecule has 0 aromatic carbocycles. The molecule has 1 aromatic heterocycles. The van der Waals surface area contributed by atoms with Crippen LogP contribution in [-0.2, 0) is 12.8 Å². The first-order valence-electron chi connectivity index (χ1n) is 3.55. The van der Waals surface area contributed by atoms with Gasteiger partial charge in [0.2, 0.25) is 0 Å². The molecule has 0 radical (unpaired) electrons. The van der Waals surface area contributed by atoms with Crippen LogP contribution in [0.4, 0.5) is 0 Å². The second kappa shape index (κ2) is 5.33. The Hall–Kier alpha value is 0.660. The fourth-order valence-electron chi connectivity index (χ4n) is 0.997. The lowest BCUT2D eigenvalue weighted by molar-refractivity contribution is 1.10. The summed E-state index contributed by atoms with van der Waals surface area (Å²) in [5.74, 6) is 0. The van der Waals surface area contributed by atoms with E-state index < -0.39 is 0 Å². The van der Waals surface area contributed by atoms with E-state index in [1.54, 1.807) is 0 Å². The third kappa shape index (κ3) is 2.88. The van der Waals surface area contributed by atoms with Crippen molar-refractivity contribution < 1.29 is 0 Å². The molecular weight excluding hydrogens is 288 g/mol. The van der Waals surface area contributed by atoms with Crippen molar-refractivity contribution in [2.75, 3.05) is 10.7 Å². The van der Waals surface area contributed by atoms with Crippen molar-refractivity contribution in [3.63, 3.8) is 0 Å². The van der Waals surface area contributed by atoms with E-state index in [0.29, 0.717) is 0 Å². The second-order valence-electron chi connectivity index (χ2n) is 2.25. The van der Waals surface area contributed by atoms with Crippen LogP contribution in [0.3, 0.4) is 0 Å². The molecule has 0 saturated heterocycles. The molecule has 11 heavy (non-hydrogen) atoms. The minimum Gasteiger partial charge on any atom is -0.149 e. The SMILES string of the molecule is BrCCc1ccsc1CCBr. The molecule has 0 spiro atoms. The maximum Gasteiger partial charge on any atom is 0.00858 e. The Bertz CT molecular complexity index is 187. The fraction of sp³-hybridized carbons (Fsp3) is 0.500. The van der Waals surface area contributed by atoms with Crippen molar-refractivity contribution in [3.8, 4) is 0 Å². The van der Waals surface area contributed by atoms with Crippen LogP contribution in [0.25, 0.3) is 0 Å². The zero-order valence-electron chi connectivity index (χ0n) is 6.15. The largest absolute Gasteiger partial charge is 0.149 e. The van der Waals surface area contributed by atoms with Crippen molar-refractivity contribution in [1.82, 2.24) is 0 Å². The van der Waals surface area contributed by atoms with Gasteiger partial charge in [0, 0.05) is 15.5 Å². The van der Waals surface area contributed by atoms with E-state index in [2.05, 4.69) is 43.3 Å². The summed E-state index contributed by atoms with van der Waals surface area (Å²) in [5.41, 5.74) is 1.51. The lowest BCUT2D eigenvalue weighted by atomic mass is 10.2. The minimum atomic E-state index is 1.07. The summed E-state index contributed by atoms with van der Waals surface area (Å²) in [4.78, 5) is 1.53. The monoisotopic (exact) mass is 296 g/mol. The summed E-state index contributed by atoms with van der Waals surface area (Å²) in [6, 6.07) is 2.23. The first-order chi connectivity index (χ1) is 5.38. The van der Waals surface area contributed by atoms with Gasteiger partial charge in [-0.25, -0.2) is 0 Å². The average molecular weight is 298 g/mol. The highest BCUT2D eigenvalue weighted by Crippen LogP contribution is 2.19. The number of halogens is 2. The van der Waals surface area contributed by atoms with Crippen molar-refractivity contribution in [2.24, 2.45) is 0 Å². The van der Waals surface area contributed by atoms with Gasteiger partial charge < -0.3 is 0 Å². The molecule has 0 nitrogen and oxygen atoms in total. The Kier molecular flexibility index (Phi) is 4.72. The van der Waals surface area contributed by atoms with Crippen molar-refractivity contribution in [2.45, 2.75) is 12.8 Å². The first kappa shape index (κ1) is 9.75. The summed E-state index contributed by atoms with van der Waals surface area (Å²) in [6.07, 6.45) is 2.33. The predicted octanol–water partition coefficient (Wildman–Crippen LogP) is 3.62. The summed E-state index contributed by atoms with van der Waals surface area (Å²) in [7, 11) is 0. The lowest BCUT2D eigenvalue weighted by Gasteiger charge is -1.97. The highest BCUT2D eigenvalue weighted by Gasteiger charge is 2.01. The standard InChI is InChI=1S/C8H10Br2S/c9-4-1-7-3-6-11-8(7)2-5-10/h3,6H,1-2,4-5H2. The van der Waals surface area contributed by atoms with Crippen LogP contribution < -0.4 is 0 Å². The maximum atomic E-state index is 3.45. The number of alkyl halides is 2.